The summed E-state index contributed by atoms with van der Waals surface area (Å²) in [5.41, 5.74) is -0.166. The third-order valence-electron chi connectivity index (χ3n) is 2.93. The van der Waals surface area contributed by atoms with Gasteiger partial charge in [0, 0.05) is 13.1 Å². The molecule has 0 fully saturated rings. The van der Waals surface area contributed by atoms with Gasteiger partial charge < -0.3 is 9.64 Å². The topological polar surface area (TPSA) is 107 Å². The van der Waals surface area contributed by atoms with Gasteiger partial charge in [0.25, 0.3) is 5.91 Å². The van der Waals surface area contributed by atoms with Crippen molar-refractivity contribution in [2.45, 2.75) is 18.7 Å². The lowest BCUT2D eigenvalue weighted by atomic mass is 10.2. The Labute approximate surface area is 134 Å². The van der Waals surface area contributed by atoms with Gasteiger partial charge in [-0.25, -0.2) is 18.4 Å². The first-order valence-corrected chi connectivity index (χ1v) is 8.40. The van der Waals surface area contributed by atoms with Crippen LogP contribution in [0.4, 0.5) is 0 Å². The number of hydrogen-bond donors (Lipinski definition) is 1. The fraction of sp³-hybridized carbons (Fsp3) is 0.385. The number of ether oxygens (including phenoxy) is 1. The molecule has 1 aromatic rings. The van der Waals surface area contributed by atoms with E-state index in [0.717, 1.165) is 6.07 Å². The molecule has 0 heterocycles. The number of primary sulfonamides is 1. The molecular weight excluding hydrogens is 332 g/mol. The number of nitrogens with zero attached hydrogens (tertiary/aromatic N) is 1. The number of rotatable bonds is 6. The number of halogens is 1. The van der Waals surface area contributed by atoms with Crippen molar-refractivity contribution in [1.29, 1.82) is 0 Å². The molecule has 0 aliphatic rings. The second-order valence-electron chi connectivity index (χ2n) is 4.33. The van der Waals surface area contributed by atoms with Gasteiger partial charge in [-0.2, -0.15) is 0 Å². The lowest BCUT2D eigenvalue weighted by Crippen LogP contribution is -2.34. The summed E-state index contributed by atoms with van der Waals surface area (Å²) in [5.74, 6) is -1.24. The van der Waals surface area contributed by atoms with Crippen LogP contribution in [0.15, 0.2) is 23.1 Å². The van der Waals surface area contributed by atoms with Crippen LogP contribution >= 0.6 is 11.6 Å². The van der Waals surface area contributed by atoms with Crippen molar-refractivity contribution in [3.05, 3.63) is 28.8 Å². The van der Waals surface area contributed by atoms with Gasteiger partial charge in [-0.15, -0.1) is 0 Å². The zero-order valence-electron chi connectivity index (χ0n) is 12.2. The summed E-state index contributed by atoms with van der Waals surface area (Å²) in [6.07, 6.45) is 0. The van der Waals surface area contributed by atoms with E-state index in [0.29, 0.717) is 13.1 Å². The molecule has 1 aromatic carbocycles. The van der Waals surface area contributed by atoms with Gasteiger partial charge in [0.1, 0.15) is 0 Å². The summed E-state index contributed by atoms with van der Waals surface area (Å²) in [5, 5.41) is 5.00. The summed E-state index contributed by atoms with van der Waals surface area (Å²) >= 11 is 5.84. The van der Waals surface area contributed by atoms with Crippen molar-refractivity contribution in [3.63, 3.8) is 0 Å². The van der Waals surface area contributed by atoms with Gasteiger partial charge >= 0.3 is 5.97 Å². The minimum absolute atomic E-state index is 0.00712. The first-order chi connectivity index (χ1) is 10.2. The summed E-state index contributed by atoms with van der Waals surface area (Å²) in [7, 11) is -3.97. The van der Waals surface area contributed by atoms with Crippen LogP contribution in [0.5, 0.6) is 0 Å². The van der Waals surface area contributed by atoms with E-state index in [2.05, 4.69) is 0 Å². The number of carbonyl (C=O) groups is 2. The number of nitrogens with two attached hydrogens (primary N) is 1. The second-order valence-corrected chi connectivity index (χ2v) is 6.30. The van der Waals surface area contributed by atoms with Crippen molar-refractivity contribution in [2.24, 2.45) is 5.14 Å². The Bertz CT molecular complexity index is 671. The van der Waals surface area contributed by atoms with E-state index in [-0.39, 0.29) is 21.4 Å². The Kier molecular flexibility index (Phi) is 6.34. The smallest absolute Gasteiger partial charge is 0.340 e. The number of benzene rings is 1. The molecule has 0 saturated heterocycles. The third-order valence-corrected chi connectivity index (χ3v) is 4.17. The van der Waals surface area contributed by atoms with Crippen LogP contribution < -0.4 is 5.14 Å². The Balaban J connectivity index is 2.88. The molecular formula is C13H17ClN2O5S. The van der Waals surface area contributed by atoms with Crippen LogP contribution in [0.1, 0.15) is 24.2 Å². The highest BCUT2D eigenvalue weighted by atomic mass is 35.5. The van der Waals surface area contributed by atoms with Gasteiger partial charge in [0.05, 0.1) is 15.5 Å². The summed E-state index contributed by atoms with van der Waals surface area (Å²) < 4.78 is 27.4. The molecule has 0 aromatic heterocycles. The van der Waals surface area contributed by atoms with E-state index < -0.39 is 22.6 Å². The van der Waals surface area contributed by atoms with Crippen LogP contribution in [0, 0.1) is 0 Å². The van der Waals surface area contributed by atoms with E-state index in [1.165, 1.54) is 17.0 Å². The Morgan fingerprint density at radius 1 is 1.27 bits per heavy atom. The Morgan fingerprint density at radius 3 is 2.36 bits per heavy atom. The third kappa shape index (κ3) is 4.69. The van der Waals surface area contributed by atoms with Crippen LogP contribution in [0.2, 0.25) is 5.02 Å². The van der Waals surface area contributed by atoms with Crippen LogP contribution in [0.25, 0.3) is 0 Å². The van der Waals surface area contributed by atoms with Gasteiger partial charge in [-0.1, -0.05) is 11.6 Å². The number of esters is 1. The molecule has 122 valence electrons. The van der Waals surface area contributed by atoms with E-state index in [1.54, 1.807) is 13.8 Å². The Hall–Kier alpha value is -1.64. The van der Waals surface area contributed by atoms with E-state index >= 15 is 0 Å². The fourth-order valence-corrected chi connectivity index (χ4v) is 2.44. The zero-order valence-corrected chi connectivity index (χ0v) is 13.8. The monoisotopic (exact) mass is 348 g/mol. The molecule has 1 amide bonds. The molecule has 2 N–H and O–H groups in total. The van der Waals surface area contributed by atoms with Crippen LogP contribution in [-0.2, 0) is 19.6 Å². The largest absolute Gasteiger partial charge is 0.452 e. The van der Waals surface area contributed by atoms with Crippen LogP contribution in [0.3, 0.4) is 0 Å². The lowest BCUT2D eigenvalue weighted by Gasteiger charge is -2.18. The molecule has 0 spiro atoms. The molecule has 22 heavy (non-hydrogen) atoms. The van der Waals surface area contributed by atoms with Crippen molar-refractivity contribution >= 4 is 33.5 Å². The van der Waals surface area contributed by atoms with E-state index in [1.807, 2.05) is 0 Å². The van der Waals surface area contributed by atoms with Gasteiger partial charge in [-0.3, -0.25) is 4.79 Å². The SMILES string of the molecule is CCN(CC)C(=O)COC(=O)c1cc(S(N)(=O)=O)ccc1Cl. The molecule has 9 heteroatoms. The Morgan fingerprint density at radius 2 is 1.86 bits per heavy atom. The first kappa shape index (κ1) is 18.4. The van der Waals surface area contributed by atoms with E-state index in [4.69, 9.17) is 21.5 Å². The van der Waals surface area contributed by atoms with Crippen molar-refractivity contribution in [3.8, 4) is 0 Å². The van der Waals surface area contributed by atoms with Gasteiger partial charge in [0.2, 0.25) is 10.0 Å². The average Bonchev–Trinajstić information content (AvgIpc) is 2.45. The highest BCUT2D eigenvalue weighted by Crippen LogP contribution is 2.20. The minimum Gasteiger partial charge on any atom is -0.452 e. The molecule has 0 saturated carbocycles. The molecule has 0 aliphatic carbocycles. The van der Waals surface area contributed by atoms with Gasteiger partial charge in [0.15, 0.2) is 6.61 Å². The maximum Gasteiger partial charge on any atom is 0.340 e. The molecule has 1 rings (SSSR count). The second kappa shape index (κ2) is 7.57. The predicted molar refractivity (Wildman–Crippen MR) is 81.0 cm³/mol. The normalized spacial score (nSPS) is 11.1. The van der Waals surface area contributed by atoms with Crippen molar-refractivity contribution < 1.29 is 22.7 Å². The zero-order chi connectivity index (χ0) is 16.9. The molecule has 0 radical (unpaired) electrons. The number of amides is 1. The van der Waals surface area contributed by atoms with Crippen molar-refractivity contribution in [2.75, 3.05) is 19.7 Å². The number of hydrogen-bond acceptors (Lipinski definition) is 5. The standard InChI is InChI=1S/C13H17ClN2O5S/c1-3-16(4-2)12(17)8-21-13(18)10-7-9(22(15,19)20)5-6-11(10)14/h5-7H,3-4,8H2,1-2H3,(H2,15,19,20). The minimum atomic E-state index is -3.97. The number of sulfonamides is 1. The summed E-state index contributed by atoms with van der Waals surface area (Å²) in [6, 6.07) is 3.42. The quantitative estimate of drug-likeness (QED) is 0.772. The first-order valence-electron chi connectivity index (χ1n) is 6.48. The fourth-order valence-electron chi connectivity index (χ4n) is 1.71. The maximum atomic E-state index is 11.9. The highest BCUT2D eigenvalue weighted by molar-refractivity contribution is 7.89. The molecule has 0 aliphatic heterocycles. The highest BCUT2D eigenvalue weighted by Gasteiger charge is 2.19. The summed E-state index contributed by atoms with van der Waals surface area (Å²) in [6.45, 7) is 4.14. The average molecular weight is 349 g/mol. The number of likely N-dealkylation sites (N-methyl/N-ethyl adjacent to an activating group) is 1. The molecule has 0 unspecified atom stereocenters. The summed E-state index contributed by atoms with van der Waals surface area (Å²) in [4.78, 5) is 24.9. The van der Waals surface area contributed by atoms with Gasteiger partial charge in [-0.05, 0) is 32.0 Å². The maximum absolute atomic E-state index is 11.9. The lowest BCUT2D eigenvalue weighted by molar-refractivity contribution is -0.134. The number of carbonyl (C=O) groups excluding carboxylic acids is 2. The molecule has 7 nitrogen and oxygen atoms in total. The van der Waals surface area contributed by atoms with Crippen molar-refractivity contribution in [1.82, 2.24) is 4.90 Å². The predicted octanol–water partition coefficient (Wildman–Crippen LogP) is 1.01. The van der Waals surface area contributed by atoms with Crippen LogP contribution in [-0.4, -0.2) is 44.9 Å². The van der Waals surface area contributed by atoms with E-state index in [9.17, 15) is 18.0 Å². The molecule has 0 bridgehead atoms. The molecule has 0 atom stereocenters.